The Kier molecular flexibility index (Phi) is 8.31. The summed E-state index contributed by atoms with van der Waals surface area (Å²) in [4.78, 5) is 24.6. The van der Waals surface area contributed by atoms with Gasteiger partial charge in [0.05, 0.1) is 25.6 Å². The van der Waals surface area contributed by atoms with Crippen LogP contribution in [0.1, 0.15) is 26.3 Å². The molecule has 0 spiro atoms. The first-order chi connectivity index (χ1) is 17.2. The van der Waals surface area contributed by atoms with Crippen molar-refractivity contribution in [3.63, 3.8) is 0 Å². The molecule has 2 aromatic heterocycles. The van der Waals surface area contributed by atoms with Crippen molar-refractivity contribution >= 4 is 58.4 Å². The molecule has 3 aromatic rings. The predicted molar refractivity (Wildman–Crippen MR) is 139 cm³/mol. The molecule has 1 unspecified atom stereocenters. The van der Waals surface area contributed by atoms with Crippen LogP contribution in [0.4, 0.5) is 5.95 Å². The average Bonchev–Trinajstić information content (AvgIpc) is 3.46. The van der Waals surface area contributed by atoms with E-state index in [-0.39, 0.29) is 36.3 Å². The van der Waals surface area contributed by atoms with Gasteiger partial charge in [-0.2, -0.15) is 15.1 Å². The first kappa shape index (κ1) is 26.6. The first-order valence-corrected chi connectivity index (χ1v) is 13.9. The maximum Gasteiger partial charge on any atom is 0.459 e. The molecule has 1 aliphatic rings. The fourth-order valence-corrected chi connectivity index (χ4v) is 5.73. The molecule has 36 heavy (non-hydrogen) atoms. The number of imidazole rings is 1. The number of fused-ring (bicyclic) bond motifs is 1. The molecule has 0 radical (unpaired) electrons. The highest BCUT2D eigenvalue weighted by atomic mass is 79.9. The Hall–Kier alpha value is -2.50. The number of nitrogens with two attached hydrogens (primary N) is 1. The summed E-state index contributed by atoms with van der Waals surface area (Å²) in [5.41, 5.74) is 6.74. The van der Waals surface area contributed by atoms with E-state index in [1.54, 1.807) is 37.5 Å². The summed E-state index contributed by atoms with van der Waals surface area (Å²) in [7, 11) is -3.95. The van der Waals surface area contributed by atoms with E-state index in [9.17, 15) is 9.36 Å². The van der Waals surface area contributed by atoms with Crippen molar-refractivity contribution < 1.29 is 23.1 Å². The number of halogens is 2. The Morgan fingerprint density at radius 3 is 2.81 bits per heavy atom. The number of rotatable bonds is 10. The predicted octanol–water partition coefficient (Wildman–Crippen LogP) is 4.69. The molecule has 0 amide bonds. The van der Waals surface area contributed by atoms with Crippen molar-refractivity contribution in [3.05, 3.63) is 52.4 Å². The van der Waals surface area contributed by atoms with Crippen LogP contribution >= 0.6 is 35.3 Å². The molecule has 0 aliphatic heterocycles. The molecular formula is C22H25BrClN6O5P. The van der Waals surface area contributed by atoms with Crippen molar-refractivity contribution in [1.29, 1.82) is 0 Å². The van der Waals surface area contributed by atoms with E-state index in [1.807, 2.05) is 16.7 Å². The molecule has 0 saturated carbocycles. The Balaban J connectivity index is 1.46. The number of benzene rings is 1. The van der Waals surface area contributed by atoms with Crippen molar-refractivity contribution in [2.24, 2.45) is 5.92 Å². The fourth-order valence-electron chi connectivity index (χ4n) is 3.70. The lowest BCUT2D eigenvalue weighted by atomic mass is 10.1. The number of nitrogens with one attached hydrogen (secondary N) is 1. The van der Waals surface area contributed by atoms with Gasteiger partial charge >= 0.3 is 13.7 Å². The summed E-state index contributed by atoms with van der Waals surface area (Å²) in [5.74, 6) is -0.273. The summed E-state index contributed by atoms with van der Waals surface area (Å²) in [5, 5.41) is 2.87. The second kappa shape index (κ2) is 11.3. The number of aromatic nitrogens is 4. The Morgan fingerprint density at radius 1 is 1.33 bits per heavy atom. The van der Waals surface area contributed by atoms with Gasteiger partial charge in [-0.15, -0.1) is 0 Å². The molecule has 11 nitrogen and oxygen atoms in total. The highest BCUT2D eigenvalue weighted by Crippen LogP contribution is 2.46. The van der Waals surface area contributed by atoms with E-state index in [1.165, 1.54) is 6.92 Å². The normalized spacial score (nSPS) is 19.8. The molecule has 1 aromatic carbocycles. The van der Waals surface area contributed by atoms with Crippen LogP contribution in [0.15, 0.2) is 47.2 Å². The number of hydrogen-bond acceptors (Lipinski definition) is 9. The Bertz CT molecular complexity index is 1320. The van der Waals surface area contributed by atoms with Gasteiger partial charge in [-0.25, -0.2) is 9.55 Å². The number of ether oxygens (including phenoxy) is 1. The summed E-state index contributed by atoms with van der Waals surface area (Å²) in [6, 6.07) is 5.78. The molecule has 0 bridgehead atoms. The quantitative estimate of drug-likeness (QED) is 0.146. The van der Waals surface area contributed by atoms with Crippen LogP contribution in [0.3, 0.4) is 0 Å². The topological polar surface area (TPSA) is 143 Å². The van der Waals surface area contributed by atoms with Gasteiger partial charge in [0.25, 0.3) is 0 Å². The molecule has 4 rings (SSSR count). The molecule has 1 aliphatic carbocycles. The number of esters is 1. The largest absolute Gasteiger partial charge is 0.465 e. The standard InChI is InChI=1S/C22H25BrClN6O5P/c1-3-33-21(31)13(2)29-36(32,35-17-8-5-15(23)6-9-17)34-11-14-4-7-16(10-14)30-12-26-18-19(24)27-22(25)28-20(18)30/h4-9,12-14,16H,3,10-11H2,1-2H3,(H,29,32)(H2,25,27,28)/t13-,14+,16-,36?/m0/s1. The number of allylic oxidation sites excluding steroid dienone is 1. The highest BCUT2D eigenvalue weighted by Gasteiger charge is 2.34. The van der Waals surface area contributed by atoms with Crippen LogP contribution in [0, 0.1) is 5.92 Å². The van der Waals surface area contributed by atoms with Crippen LogP contribution < -0.4 is 15.3 Å². The number of carbonyl (C=O) groups excluding carboxylic acids is 1. The third-order valence-electron chi connectivity index (χ3n) is 5.39. The van der Waals surface area contributed by atoms with E-state index in [2.05, 4.69) is 36.0 Å². The van der Waals surface area contributed by atoms with Crippen molar-refractivity contribution in [1.82, 2.24) is 24.6 Å². The molecule has 192 valence electrons. The lowest BCUT2D eigenvalue weighted by Gasteiger charge is -2.24. The minimum absolute atomic E-state index is 0.0592. The molecule has 2 heterocycles. The number of anilines is 1. The van der Waals surface area contributed by atoms with Crippen LogP contribution in [-0.4, -0.2) is 44.7 Å². The molecule has 0 saturated heterocycles. The first-order valence-electron chi connectivity index (χ1n) is 11.2. The van der Waals surface area contributed by atoms with Gasteiger partial charge in [-0.3, -0.25) is 9.32 Å². The molecule has 4 atom stereocenters. The fraction of sp³-hybridized carbons (Fsp3) is 0.364. The lowest BCUT2D eigenvalue weighted by Crippen LogP contribution is -2.35. The zero-order valence-electron chi connectivity index (χ0n) is 19.5. The highest BCUT2D eigenvalue weighted by molar-refractivity contribution is 9.10. The van der Waals surface area contributed by atoms with Gasteiger partial charge in [0.15, 0.2) is 10.8 Å². The summed E-state index contributed by atoms with van der Waals surface area (Å²) < 4.78 is 32.9. The third-order valence-corrected chi connectivity index (χ3v) is 7.83. The monoisotopic (exact) mass is 598 g/mol. The SMILES string of the molecule is CCOC(=O)[C@H](C)NP(=O)(OC[C@@H]1C=C[C@H](n2cnc3c(Cl)nc(N)nc32)C1)Oc1ccc(Br)cc1. The number of carbonyl (C=O) groups is 1. The second-order valence-electron chi connectivity index (χ2n) is 8.09. The van der Waals surface area contributed by atoms with Gasteiger partial charge in [-0.1, -0.05) is 39.7 Å². The second-order valence-corrected chi connectivity index (χ2v) is 11.1. The summed E-state index contributed by atoms with van der Waals surface area (Å²) in [6.07, 6.45) is 6.20. The van der Waals surface area contributed by atoms with E-state index >= 15 is 0 Å². The van der Waals surface area contributed by atoms with Crippen molar-refractivity contribution in [2.75, 3.05) is 18.9 Å². The summed E-state index contributed by atoms with van der Waals surface area (Å²) in [6.45, 7) is 3.50. The minimum atomic E-state index is -3.95. The smallest absolute Gasteiger partial charge is 0.459 e. The van der Waals surface area contributed by atoms with E-state index in [0.29, 0.717) is 23.3 Å². The van der Waals surface area contributed by atoms with Gasteiger partial charge in [0.2, 0.25) is 5.95 Å². The molecule has 3 N–H and O–H groups in total. The van der Waals surface area contributed by atoms with E-state index < -0.39 is 19.8 Å². The number of nitrogens with zero attached hydrogens (tertiary/aromatic N) is 4. The van der Waals surface area contributed by atoms with Crippen molar-refractivity contribution in [2.45, 2.75) is 32.4 Å². The zero-order chi connectivity index (χ0) is 25.9. The maximum absolute atomic E-state index is 13.6. The minimum Gasteiger partial charge on any atom is -0.465 e. The summed E-state index contributed by atoms with van der Waals surface area (Å²) >= 11 is 9.49. The zero-order valence-corrected chi connectivity index (χ0v) is 22.7. The third kappa shape index (κ3) is 6.24. The van der Waals surface area contributed by atoms with Crippen LogP contribution in [0.5, 0.6) is 5.75 Å². The molecule has 0 fully saturated rings. The maximum atomic E-state index is 13.6. The lowest BCUT2D eigenvalue weighted by molar-refractivity contribution is -0.144. The molecular weight excluding hydrogens is 575 g/mol. The number of nitrogen functional groups attached to an aromatic ring is 1. The number of hydrogen-bond donors (Lipinski definition) is 2. The van der Waals surface area contributed by atoms with Crippen LogP contribution in [-0.2, 0) is 18.6 Å². The average molecular weight is 600 g/mol. The van der Waals surface area contributed by atoms with E-state index in [4.69, 9.17) is 31.1 Å². The van der Waals surface area contributed by atoms with Gasteiger partial charge in [0.1, 0.15) is 17.3 Å². The van der Waals surface area contributed by atoms with Crippen LogP contribution in [0.2, 0.25) is 5.15 Å². The van der Waals surface area contributed by atoms with Crippen molar-refractivity contribution in [3.8, 4) is 5.75 Å². The van der Waals surface area contributed by atoms with Gasteiger partial charge in [0, 0.05) is 10.4 Å². The van der Waals surface area contributed by atoms with Gasteiger partial charge < -0.3 is 19.6 Å². The molecule has 14 heteroatoms. The Labute approximate surface area is 221 Å². The van der Waals surface area contributed by atoms with E-state index in [0.717, 1.165) is 4.47 Å². The Morgan fingerprint density at radius 2 is 2.08 bits per heavy atom. The van der Waals surface area contributed by atoms with Gasteiger partial charge in [-0.05, 0) is 44.5 Å². The van der Waals surface area contributed by atoms with Crippen LogP contribution in [0.25, 0.3) is 11.2 Å².